The van der Waals surface area contributed by atoms with Crippen molar-refractivity contribution in [1.29, 1.82) is 5.26 Å². The van der Waals surface area contributed by atoms with Gasteiger partial charge in [0.25, 0.3) is 0 Å². The molecule has 0 radical (unpaired) electrons. The molecule has 2 heterocycles. The molecule has 0 aliphatic carbocycles. The van der Waals surface area contributed by atoms with Crippen LogP contribution < -0.4 is 4.74 Å². The van der Waals surface area contributed by atoms with E-state index in [9.17, 15) is 8.78 Å². The van der Waals surface area contributed by atoms with Crippen molar-refractivity contribution in [2.45, 2.75) is 0 Å². The molecular formula is C15H6ClF2N3O. The first kappa shape index (κ1) is 14.2. The molecular weight excluding hydrogens is 312 g/mol. The molecule has 0 bridgehead atoms. The summed E-state index contributed by atoms with van der Waals surface area (Å²) in [5, 5.41) is 9.58. The van der Waals surface area contributed by atoms with Crippen LogP contribution in [0.4, 0.5) is 8.78 Å². The Morgan fingerprint density at radius 2 is 1.95 bits per heavy atom. The van der Waals surface area contributed by atoms with Gasteiger partial charge < -0.3 is 4.74 Å². The molecule has 0 aliphatic heterocycles. The van der Waals surface area contributed by atoms with Crippen LogP contribution in [0.5, 0.6) is 11.5 Å². The number of pyridine rings is 2. The van der Waals surface area contributed by atoms with Crippen LogP contribution in [0.25, 0.3) is 10.9 Å². The highest BCUT2D eigenvalue weighted by Gasteiger charge is 2.15. The van der Waals surface area contributed by atoms with Crippen molar-refractivity contribution < 1.29 is 13.5 Å². The van der Waals surface area contributed by atoms with E-state index < -0.39 is 11.8 Å². The second-order valence-corrected chi connectivity index (χ2v) is 4.75. The topological polar surface area (TPSA) is 58.8 Å². The minimum absolute atomic E-state index is 0.00928. The van der Waals surface area contributed by atoms with E-state index in [1.165, 1.54) is 24.5 Å². The molecule has 0 atom stereocenters. The number of benzene rings is 1. The first-order chi connectivity index (χ1) is 10.6. The number of fused-ring (bicyclic) bond motifs is 1. The Labute approximate surface area is 128 Å². The number of aromatic nitrogens is 2. The standard InChI is InChI=1S/C15H6ClF2N3O/c16-9-1-2-13(11(17)3-9)22-15-8(5-19)6-20-12-7-21-14(18)4-10(12)15/h1-4,6-7H. The molecule has 0 fully saturated rings. The summed E-state index contributed by atoms with van der Waals surface area (Å²) in [5.41, 5.74) is 0.372. The van der Waals surface area contributed by atoms with Crippen molar-refractivity contribution in [3.8, 4) is 17.6 Å². The third kappa shape index (κ3) is 2.54. The molecule has 0 saturated heterocycles. The molecule has 2 aromatic heterocycles. The number of rotatable bonds is 2. The Bertz CT molecular complexity index is 925. The predicted molar refractivity (Wildman–Crippen MR) is 75.7 cm³/mol. The van der Waals surface area contributed by atoms with Gasteiger partial charge in [-0.1, -0.05) is 11.6 Å². The first-order valence-corrected chi connectivity index (χ1v) is 6.43. The summed E-state index contributed by atoms with van der Waals surface area (Å²) in [5.74, 6) is -1.58. The SMILES string of the molecule is N#Cc1cnc2cnc(F)cc2c1Oc1ccc(Cl)cc1F. The normalized spacial score (nSPS) is 10.5. The summed E-state index contributed by atoms with van der Waals surface area (Å²) in [6.45, 7) is 0. The van der Waals surface area contributed by atoms with E-state index in [1.54, 1.807) is 0 Å². The second kappa shape index (κ2) is 5.54. The number of nitriles is 1. The van der Waals surface area contributed by atoms with Gasteiger partial charge in [0.15, 0.2) is 17.3 Å². The highest BCUT2D eigenvalue weighted by atomic mass is 35.5. The Morgan fingerprint density at radius 3 is 2.68 bits per heavy atom. The maximum Gasteiger partial charge on any atom is 0.213 e. The lowest BCUT2D eigenvalue weighted by Gasteiger charge is -2.11. The molecule has 7 heteroatoms. The lowest BCUT2D eigenvalue weighted by Crippen LogP contribution is -1.95. The Morgan fingerprint density at radius 1 is 1.14 bits per heavy atom. The third-order valence-corrected chi connectivity index (χ3v) is 3.13. The molecule has 0 N–H and O–H groups in total. The minimum Gasteiger partial charge on any atom is -0.452 e. The van der Waals surface area contributed by atoms with Gasteiger partial charge in [-0.2, -0.15) is 9.65 Å². The number of nitrogens with zero attached hydrogens (tertiary/aromatic N) is 3. The molecule has 0 unspecified atom stereocenters. The molecule has 0 aliphatic rings. The molecule has 22 heavy (non-hydrogen) atoms. The van der Waals surface area contributed by atoms with Crippen molar-refractivity contribution >= 4 is 22.5 Å². The van der Waals surface area contributed by atoms with Gasteiger partial charge in [0.2, 0.25) is 5.95 Å². The summed E-state index contributed by atoms with van der Waals surface area (Å²) >= 11 is 5.68. The Kier molecular flexibility index (Phi) is 3.57. The van der Waals surface area contributed by atoms with E-state index in [0.717, 1.165) is 12.1 Å². The maximum absolute atomic E-state index is 13.9. The van der Waals surface area contributed by atoms with Gasteiger partial charge in [-0.15, -0.1) is 0 Å². The van der Waals surface area contributed by atoms with Crippen molar-refractivity contribution in [2.75, 3.05) is 0 Å². The molecule has 0 saturated carbocycles. The van der Waals surface area contributed by atoms with Crippen molar-refractivity contribution in [3.63, 3.8) is 0 Å². The Balaban J connectivity index is 2.20. The first-order valence-electron chi connectivity index (χ1n) is 6.06. The third-order valence-electron chi connectivity index (χ3n) is 2.90. The summed E-state index contributed by atoms with van der Waals surface area (Å²) in [6.07, 6.45) is 2.46. The number of hydrogen-bond acceptors (Lipinski definition) is 4. The molecule has 0 spiro atoms. The van der Waals surface area contributed by atoms with Gasteiger partial charge in [-0.05, 0) is 18.2 Å². The fourth-order valence-electron chi connectivity index (χ4n) is 1.90. The summed E-state index contributed by atoms with van der Waals surface area (Å²) in [4.78, 5) is 7.47. The van der Waals surface area contributed by atoms with Crippen LogP contribution in [0.3, 0.4) is 0 Å². The quantitative estimate of drug-likeness (QED) is 0.664. The zero-order valence-corrected chi connectivity index (χ0v) is 11.6. The van der Waals surface area contributed by atoms with Crippen molar-refractivity contribution in [3.05, 3.63) is 59.0 Å². The molecule has 3 rings (SSSR count). The van der Waals surface area contributed by atoms with Gasteiger partial charge in [0.05, 0.1) is 17.1 Å². The van der Waals surface area contributed by atoms with Crippen LogP contribution in [0, 0.1) is 23.1 Å². The fraction of sp³-hybridized carbons (Fsp3) is 0. The zero-order valence-electron chi connectivity index (χ0n) is 10.8. The number of ether oxygens (including phenoxy) is 1. The lowest BCUT2D eigenvalue weighted by atomic mass is 10.2. The van der Waals surface area contributed by atoms with Crippen LogP contribution >= 0.6 is 11.6 Å². The fourth-order valence-corrected chi connectivity index (χ4v) is 2.06. The number of halogens is 3. The molecule has 108 valence electrons. The monoisotopic (exact) mass is 317 g/mol. The second-order valence-electron chi connectivity index (χ2n) is 4.31. The van der Waals surface area contributed by atoms with Crippen LogP contribution in [-0.2, 0) is 0 Å². The van der Waals surface area contributed by atoms with E-state index in [-0.39, 0.29) is 27.5 Å². The van der Waals surface area contributed by atoms with Gasteiger partial charge in [0, 0.05) is 17.3 Å². The average molecular weight is 318 g/mol. The van der Waals surface area contributed by atoms with Gasteiger partial charge in [-0.3, -0.25) is 4.98 Å². The molecule has 0 amide bonds. The highest BCUT2D eigenvalue weighted by Crippen LogP contribution is 2.34. The van der Waals surface area contributed by atoms with Crippen molar-refractivity contribution in [2.24, 2.45) is 0 Å². The van der Waals surface area contributed by atoms with Gasteiger partial charge >= 0.3 is 0 Å². The van der Waals surface area contributed by atoms with Crippen LogP contribution in [0.1, 0.15) is 5.56 Å². The smallest absolute Gasteiger partial charge is 0.213 e. The van der Waals surface area contributed by atoms with E-state index in [4.69, 9.17) is 21.6 Å². The van der Waals surface area contributed by atoms with E-state index >= 15 is 0 Å². The van der Waals surface area contributed by atoms with Crippen molar-refractivity contribution in [1.82, 2.24) is 9.97 Å². The molecule has 1 aromatic carbocycles. The summed E-state index contributed by atoms with van der Waals surface area (Å²) < 4.78 is 32.7. The lowest BCUT2D eigenvalue weighted by molar-refractivity contribution is 0.445. The van der Waals surface area contributed by atoms with Gasteiger partial charge in [-0.25, -0.2) is 9.37 Å². The minimum atomic E-state index is -0.759. The van der Waals surface area contributed by atoms with Crippen LogP contribution in [-0.4, -0.2) is 9.97 Å². The van der Waals surface area contributed by atoms with Crippen LogP contribution in [0.15, 0.2) is 36.7 Å². The van der Waals surface area contributed by atoms with E-state index in [2.05, 4.69) is 9.97 Å². The zero-order chi connectivity index (χ0) is 15.7. The highest BCUT2D eigenvalue weighted by molar-refractivity contribution is 6.30. The average Bonchev–Trinajstić information content (AvgIpc) is 2.50. The van der Waals surface area contributed by atoms with E-state index in [0.29, 0.717) is 5.52 Å². The van der Waals surface area contributed by atoms with Crippen LogP contribution in [0.2, 0.25) is 5.02 Å². The molecule has 3 aromatic rings. The molecule has 4 nitrogen and oxygen atoms in total. The maximum atomic E-state index is 13.9. The predicted octanol–water partition coefficient (Wildman–Crippen LogP) is 4.23. The number of hydrogen-bond donors (Lipinski definition) is 0. The largest absolute Gasteiger partial charge is 0.452 e. The van der Waals surface area contributed by atoms with Gasteiger partial charge in [0.1, 0.15) is 11.6 Å². The summed E-state index contributed by atoms with van der Waals surface area (Å²) in [6, 6.07) is 6.80. The van der Waals surface area contributed by atoms with E-state index in [1.807, 2.05) is 6.07 Å². The Hall–Kier alpha value is -2.78. The summed E-state index contributed by atoms with van der Waals surface area (Å²) in [7, 11) is 0.